The van der Waals surface area contributed by atoms with E-state index in [-0.39, 0.29) is 4.90 Å². The highest BCUT2D eigenvalue weighted by Crippen LogP contribution is 2.26. The van der Waals surface area contributed by atoms with Crippen LogP contribution >= 0.6 is 0 Å². The zero-order valence-electron chi connectivity index (χ0n) is 8.33. The molecule has 2 aromatic carbocycles. The van der Waals surface area contributed by atoms with Crippen molar-refractivity contribution in [2.75, 3.05) is 0 Å². The SMILES string of the molecule is [O]S(=O)(=O)c1ccccc1-c1ccccc1. The Hall–Kier alpha value is -1.65. The summed E-state index contributed by atoms with van der Waals surface area (Å²) in [6.45, 7) is 0. The first kappa shape index (κ1) is 10.9. The molecule has 0 atom stereocenters. The summed E-state index contributed by atoms with van der Waals surface area (Å²) in [4.78, 5) is -0.179. The van der Waals surface area contributed by atoms with E-state index >= 15 is 0 Å². The lowest BCUT2D eigenvalue weighted by Crippen LogP contribution is -1.98. The predicted octanol–water partition coefficient (Wildman–Crippen LogP) is 2.47. The molecule has 0 aliphatic carbocycles. The summed E-state index contributed by atoms with van der Waals surface area (Å²) in [7, 11) is -4.43. The van der Waals surface area contributed by atoms with Crippen LogP contribution in [0.4, 0.5) is 0 Å². The molecule has 3 nitrogen and oxygen atoms in total. The smallest absolute Gasteiger partial charge is 0.192 e. The number of benzene rings is 2. The van der Waals surface area contributed by atoms with Gasteiger partial charge in [-0.2, -0.15) is 8.42 Å². The molecule has 0 aliphatic rings. The van der Waals surface area contributed by atoms with E-state index in [2.05, 4.69) is 0 Å². The van der Waals surface area contributed by atoms with E-state index in [1.165, 1.54) is 12.1 Å². The average Bonchev–Trinajstić information content (AvgIpc) is 2.29. The van der Waals surface area contributed by atoms with Crippen LogP contribution in [0.25, 0.3) is 11.1 Å². The second-order valence-corrected chi connectivity index (χ2v) is 4.66. The first-order valence-corrected chi connectivity index (χ1v) is 6.10. The average molecular weight is 233 g/mol. The van der Waals surface area contributed by atoms with E-state index in [0.717, 1.165) is 5.56 Å². The molecule has 0 aromatic heterocycles. The second-order valence-electron chi connectivity index (χ2n) is 3.32. The molecule has 0 saturated heterocycles. The third-order valence-electron chi connectivity index (χ3n) is 2.24. The Kier molecular flexibility index (Phi) is 2.77. The Balaban J connectivity index is 2.68. The lowest BCUT2D eigenvalue weighted by molar-refractivity contribution is 0.414. The van der Waals surface area contributed by atoms with E-state index in [1.807, 2.05) is 6.07 Å². The zero-order chi connectivity index (χ0) is 11.6. The maximum atomic E-state index is 11.1. The first-order valence-electron chi connectivity index (χ1n) is 4.69. The molecule has 0 fully saturated rings. The summed E-state index contributed by atoms with van der Waals surface area (Å²) in [5.74, 6) is 0. The fourth-order valence-electron chi connectivity index (χ4n) is 1.54. The minimum Gasteiger partial charge on any atom is -0.192 e. The van der Waals surface area contributed by atoms with Crippen LogP contribution in [0.15, 0.2) is 59.5 Å². The third kappa shape index (κ3) is 2.13. The molecule has 0 amide bonds. The van der Waals surface area contributed by atoms with Crippen LogP contribution in [0.3, 0.4) is 0 Å². The molecule has 2 rings (SSSR count). The van der Waals surface area contributed by atoms with Gasteiger partial charge in [0.2, 0.25) is 0 Å². The highest BCUT2D eigenvalue weighted by atomic mass is 32.2. The summed E-state index contributed by atoms with van der Waals surface area (Å²) in [6.07, 6.45) is 0. The Morgan fingerprint density at radius 2 is 1.31 bits per heavy atom. The quantitative estimate of drug-likeness (QED) is 0.800. The predicted molar refractivity (Wildman–Crippen MR) is 59.8 cm³/mol. The lowest BCUT2D eigenvalue weighted by Gasteiger charge is -2.05. The summed E-state index contributed by atoms with van der Waals surface area (Å²) in [6, 6.07) is 15.2. The third-order valence-corrected chi connectivity index (χ3v) is 3.14. The van der Waals surface area contributed by atoms with E-state index in [9.17, 15) is 13.0 Å². The Morgan fingerprint density at radius 3 is 1.94 bits per heavy atom. The van der Waals surface area contributed by atoms with Crippen molar-refractivity contribution in [1.29, 1.82) is 0 Å². The Morgan fingerprint density at radius 1 is 0.750 bits per heavy atom. The number of rotatable bonds is 2. The Labute approximate surface area is 94.1 Å². The van der Waals surface area contributed by atoms with E-state index in [0.29, 0.717) is 5.56 Å². The molecule has 1 radical (unpaired) electrons. The van der Waals surface area contributed by atoms with Gasteiger partial charge in [0.15, 0.2) is 0 Å². The first-order chi connectivity index (χ1) is 7.59. The standard InChI is InChI=1S/C12H9O3S/c13-16(14,15)12-9-5-4-8-11(12)10-6-2-1-3-7-10/h1-9H. The molecule has 2 aromatic rings. The zero-order valence-corrected chi connectivity index (χ0v) is 9.15. The maximum absolute atomic E-state index is 11.1. The highest BCUT2D eigenvalue weighted by Gasteiger charge is 2.16. The van der Waals surface area contributed by atoms with Crippen molar-refractivity contribution in [2.45, 2.75) is 4.90 Å². The maximum Gasteiger partial charge on any atom is 0.324 e. The molecule has 16 heavy (non-hydrogen) atoms. The van der Waals surface area contributed by atoms with Gasteiger partial charge in [-0.05, 0) is 11.6 Å². The fourth-order valence-corrected chi connectivity index (χ4v) is 2.24. The normalized spacial score (nSPS) is 11.3. The van der Waals surface area contributed by atoms with Gasteiger partial charge in [-0.25, -0.2) is 0 Å². The van der Waals surface area contributed by atoms with Crippen LogP contribution in [0.2, 0.25) is 0 Å². The highest BCUT2D eigenvalue weighted by molar-refractivity contribution is 7.85. The molecule has 0 bridgehead atoms. The summed E-state index contributed by atoms with van der Waals surface area (Å²) in [5.41, 5.74) is 1.16. The molecule has 4 heteroatoms. The van der Waals surface area contributed by atoms with Gasteiger partial charge in [-0.3, -0.25) is 0 Å². The second kappa shape index (κ2) is 4.08. The molecule has 0 unspecified atom stereocenters. The van der Waals surface area contributed by atoms with Crippen molar-refractivity contribution in [3.63, 3.8) is 0 Å². The minimum absolute atomic E-state index is 0.179. The summed E-state index contributed by atoms with van der Waals surface area (Å²) >= 11 is 0. The molecule has 0 N–H and O–H groups in total. The molecule has 0 saturated carbocycles. The van der Waals surface area contributed by atoms with Gasteiger partial charge in [0, 0.05) is 5.56 Å². The van der Waals surface area contributed by atoms with Crippen molar-refractivity contribution < 1.29 is 13.0 Å². The van der Waals surface area contributed by atoms with E-state index in [4.69, 9.17) is 0 Å². The minimum atomic E-state index is -4.43. The van der Waals surface area contributed by atoms with Gasteiger partial charge in [-0.15, -0.1) is 0 Å². The largest absolute Gasteiger partial charge is 0.324 e. The van der Waals surface area contributed by atoms with Gasteiger partial charge < -0.3 is 0 Å². The van der Waals surface area contributed by atoms with Crippen LogP contribution in [0, 0.1) is 0 Å². The molecule has 0 aliphatic heterocycles. The number of hydrogen-bond donors (Lipinski definition) is 0. The topological polar surface area (TPSA) is 54.0 Å². The van der Waals surface area contributed by atoms with Crippen molar-refractivity contribution in [3.8, 4) is 11.1 Å². The van der Waals surface area contributed by atoms with Gasteiger partial charge in [0.25, 0.3) is 0 Å². The van der Waals surface area contributed by atoms with Crippen LogP contribution in [0.1, 0.15) is 0 Å². The van der Waals surface area contributed by atoms with Crippen molar-refractivity contribution >= 4 is 10.1 Å². The monoisotopic (exact) mass is 233 g/mol. The number of hydrogen-bond acceptors (Lipinski definition) is 2. The van der Waals surface area contributed by atoms with E-state index in [1.54, 1.807) is 36.4 Å². The fraction of sp³-hybridized carbons (Fsp3) is 0. The van der Waals surface area contributed by atoms with E-state index < -0.39 is 10.1 Å². The summed E-state index contributed by atoms with van der Waals surface area (Å²) < 4.78 is 33.2. The molecule has 0 heterocycles. The van der Waals surface area contributed by atoms with Gasteiger partial charge in [-0.1, -0.05) is 53.1 Å². The van der Waals surface area contributed by atoms with Gasteiger partial charge in [0.05, 0.1) is 0 Å². The molecular weight excluding hydrogens is 224 g/mol. The summed E-state index contributed by atoms with van der Waals surface area (Å²) in [5, 5.41) is 0. The lowest BCUT2D eigenvalue weighted by atomic mass is 10.1. The van der Waals surface area contributed by atoms with Crippen LogP contribution in [-0.2, 0) is 14.7 Å². The Bertz CT molecular complexity index is 589. The van der Waals surface area contributed by atoms with Crippen molar-refractivity contribution in [2.24, 2.45) is 0 Å². The molecule has 81 valence electrons. The molecule has 0 spiro atoms. The van der Waals surface area contributed by atoms with Crippen LogP contribution in [0.5, 0.6) is 0 Å². The van der Waals surface area contributed by atoms with Crippen LogP contribution in [-0.4, -0.2) is 8.42 Å². The molecular formula is C12H9O3S. The van der Waals surface area contributed by atoms with Crippen molar-refractivity contribution in [3.05, 3.63) is 54.6 Å². The van der Waals surface area contributed by atoms with Gasteiger partial charge in [0.1, 0.15) is 4.90 Å². The van der Waals surface area contributed by atoms with Crippen molar-refractivity contribution in [1.82, 2.24) is 0 Å². The van der Waals surface area contributed by atoms with Crippen LogP contribution < -0.4 is 0 Å². The van der Waals surface area contributed by atoms with Gasteiger partial charge >= 0.3 is 10.1 Å².